The normalized spacial score (nSPS) is 20.8. The van der Waals surface area contributed by atoms with Crippen LogP contribution in [0.15, 0.2) is 43.6 Å². The van der Waals surface area contributed by atoms with E-state index in [9.17, 15) is 0 Å². The molecule has 0 aromatic rings. The van der Waals surface area contributed by atoms with Gasteiger partial charge < -0.3 is 0 Å². The summed E-state index contributed by atoms with van der Waals surface area (Å²) < 4.78 is 2.41. The molecular weight excluding hydrogens is 310 g/mol. The van der Waals surface area contributed by atoms with E-state index in [0.29, 0.717) is 0 Å². The molecule has 0 N–H and O–H groups in total. The second-order valence-electron chi connectivity index (χ2n) is 3.17. The van der Waals surface area contributed by atoms with Crippen molar-refractivity contribution in [2.24, 2.45) is 0 Å². The Labute approximate surface area is 89.9 Å². The number of halogens is 2. The van der Waals surface area contributed by atoms with Crippen LogP contribution >= 0.6 is 17.8 Å². The van der Waals surface area contributed by atoms with Crippen molar-refractivity contribution in [3.8, 4) is 0 Å². The van der Waals surface area contributed by atoms with Crippen molar-refractivity contribution in [2.45, 2.75) is 12.8 Å². The molecule has 0 heterocycles. The summed E-state index contributed by atoms with van der Waals surface area (Å²) >= 11 is -3.11. The molecule has 13 heavy (non-hydrogen) atoms. The van der Waals surface area contributed by atoms with Crippen LogP contribution < -0.4 is 0 Å². The van der Waals surface area contributed by atoms with Gasteiger partial charge in [0.25, 0.3) is 0 Å². The SMILES string of the molecule is [Cl][Sn]([Cl])([C]1=CCC=C1)[C]1=CCC=C1. The Hall–Kier alpha value is 0.339. The Kier molecular flexibility index (Phi) is 2.91. The summed E-state index contributed by atoms with van der Waals surface area (Å²) in [4.78, 5) is 0. The third-order valence-electron chi connectivity index (χ3n) is 2.27. The van der Waals surface area contributed by atoms with Crippen LogP contribution in [0.25, 0.3) is 0 Å². The summed E-state index contributed by atoms with van der Waals surface area (Å²) in [5.41, 5.74) is 0. The van der Waals surface area contributed by atoms with Crippen molar-refractivity contribution in [3.05, 3.63) is 43.6 Å². The van der Waals surface area contributed by atoms with Crippen LogP contribution in [-0.4, -0.2) is 16.1 Å². The van der Waals surface area contributed by atoms with E-state index in [1.165, 1.54) is 7.18 Å². The number of allylic oxidation sites excluding steroid dienone is 8. The monoisotopic (exact) mass is 320 g/mol. The van der Waals surface area contributed by atoms with Crippen LogP contribution in [0.4, 0.5) is 0 Å². The van der Waals surface area contributed by atoms with Gasteiger partial charge in [0.1, 0.15) is 0 Å². The summed E-state index contributed by atoms with van der Waals surface area (Å²) in [6.07, 6.45) is 14.7. The second kappa shape index (κ2) is 3.83. The molecule has 0 aromatic carbocycles. The molecule has 2 aliphatic carbocycles. The number of rotatable bonds is 2. The molecule has 0 unspecified atom stereocenters. The second-order valence-corrected chi connectivity index (χ2v) is 18.6. The minimum absolute atomic E-state index is 0.991. The van der Waals surface area contributed by atoms with Gasteiger partial charge in [-0.15, -0.1) is 0 Å². The molecule has 0 saturated heterocycles. The Morgan fingerprint density at radius 3 is 1.69 bits per heavy atom. The molecule has 0 nitrogen and oxygen atoms in total. The molecule has 0 radical (unpaired) electrons. The van der Waals surface area contributed by atoms with Gasteiger partial charge in [-0.2, -0.15) is 0 Å². The molecule has 0 saturated carbocycles. The average Bonchev–Trinajstić information content (AvgIpc) is 2.78. The standard InChI is InChI=1S/2C5H5.2ClH.Sn/c2*1-2-4-5-3-1;;;/h2*1-2,5H,3H2;2*1H;/q;;;;+2/p-2. The summed E-state index contributed by atoms with van der Waals surface area (Å²) in [6, 6.07) is 0. The summed E-state index contributed by atoms with van der Waals surface area (Å²) in [5, 5.41) is 0. The third kappa shape index (κ3) is 1.90. The summed E-state index contributed by atoms with van der Waals surface area (Å²) in [6.45, 7) is 0. The van der Waals surface area contributed by atoms with E-state index < -0.39 is 16.1 Å². The molecule has 2 aliphatic rings. The fourth-order valence-corrected chi connectivity index (χ4v) is 10.3. The van der Waals surface area contributed by atoms with Gasteiger partial charge in [-0.25, -0.2) is 0 Å². The number of hydrogen-bond acceptors (Lipinski definition) is 0. The quantitative estimate of drug-likeness (QED) is 0.680. The van der Waals surface area contributed by atoms with Crippen molar-refractivity contribution in [3.63, 3.8) is 0 Å². The maximum atomic E-state index is 6.49. The van der Waals surface area contributed by atoms with Crippen LogP contribution in [0, 0.1) is 0 Å². The van der Waals surface area contributed by atoms with Crippen molar-refractivity contribution < 1.29 is 0 Å². The molecule has 0 aromatic heterocycles. The van der Waals surface area contributed by atoms with E-state index in [-0.39, 0.29) is 0 Å². The van der Waals surface area contributed by atoms with E-state index >= 15 is 0 Å². The van der Waals surface area contributed by atoms with Gasteiger partial charge in [-0.05, 0) is 0 Å². The molecule has 68 valence electrons. The Morgan fingerprint density at radius 1 is 0.923 bits per heavy atom. The van der Waals surface area contributed by atoms with Gasteiger partial charge in [0.2, 0.25) is 0 Å². The van der Waals surface area contributed by atoms with Crippen molar-refractivity contribution in [1.82, 2.24) is 0 Å². The third-order valence-corrected chi connectivity index (χ3v) is 14.4. The van der Waals surface area contributed by atoms with Gasteiger partial charge in [0, 0.05) is 0 Å². The predicted molar refractivity (Wildman–Crippen MR) is 61.1 cm³/mol. The van der Waals surface area contributed by atoms with Crippen molar-refractivity contribution in [1.29, 1.82) is 0 Å². The van der Waals surface area contributed by atoms with Gasteiger partial charge in [0.05, 0.1) is 0 Å². The molecule has 0 spiro atoms. The van der Waals surface area contributed by atoms with Crippen LogP contribution in [0.1, 0.15) is 12.8 Å². The molecule has 0 bridgehead atoms. The topological polar surface area (TPSA) is 0 Å². The van der Waals surface area contributed by atoms with E-state index in [1.54, 1.807) is 0 Å². The first-order chi connectivity index (χ1) is 6.21. The molecule has 0 atom stereocenters. The van der Waals surface area contributed by atoms with Crippen LogP contribution in [0.5, 0.6) is 0 Å². The first kappa shape index (κ1) is 9.88. The molecular formula is C10H10Cl2Sn. The Bertz CT molecular complexity index is 303. The fourth-order valence-electron chi connectivity index (χ4n) is 1.55. The van der Waals surface area contributed by atoms with Gasteiger partial charge in [0.15, 0.2) is 0 Å². The predicted octanol–water partition coefficient (Wildman–Crippen LogP) is 3.76. The van der Waals surface area contributed by atoms with Crippen molar-refractivity contribution in [2.75, 3.05) is 0 Å². The van der Waals surface area contributed by atoms with Crippen molar-refractivity contribution >= 4 is 34.0 Å². The first-order valence-corrected chi connectivity index (χ1v) is 14.4. The van der Waals surface area contributed by atoms with E-state index in [2.05, 4.69) is 36.5 Å². The summed E-state index contributed by atoms with van der Waals surface area (Å²) in [7, 11) is 13.0. The van der Waals surface area contributed by atoms with Crippen LogP contribution in [-0.2, 0) is 0 Å². The summed E-state index contributed by atoms with van der Waals surface area (Å²) in [5.74, 6) is 0. The van der Waals surface area contributed by atoms with E-state index in [0.717, 1.165) is 12.8 Å². The fraction of sp³-hybridized carbons (Fsp3) is 0.200. The zero-order chi connectivity index (χ0) is 9.31. The maximum absolute atomic E-state index is 6.49. The average molecular weight is 320 g/mol. The zero-order valence-corrected chi connectivity index (χ0v) is 11.5. The van der Waals surface area contributed by atoms with Gasteiger partial charge in [-0.3, -0.25) is 0 Å². The Morgan fingerprint density at radius 2 is 1.38 bits per heavy atom. The van der Waals surface area contributed by atoms with Crippen LogP contribution in [0.2, 0.25) is 0 Å². The number of hydrogen-bond donors (Lipinski definition) is 0. The van der Waals surface area contributed by atoms with Gasteiger partial charge >= 0.3 is 90.4 Å². The molecule has 0 amide bonds. The van der Waals surface area contributed by atoms with E-state index in [1.807, 2.05) is 0 Å². The van der Waals surface area contributed by atoms with Crippen LogP contribution in [0.3, 0.4) is 0 Å². The van der Waals surface area contributed by atoms with Gasteiger partial charge in [-0.1, -0.05) is 0 Å². The minimum atomic E-state index is -3.11. The zero-order valence-electron chi connectivity index (χ0n) is 7.13. The molecule has 0 aliphatic heterocycles. The Balaban J connectivity index is 2.29. The van der Waals surface area contributed by atoms with E-state index in [4.69, 9.17) is 17.8 Å². The molecule has 0 fully saturated rings. The first-order valence-electron chi connectivity index (χ1n) is 4.33. The molecule has 3 heteroatoms. The molecule has 2 rings (SSSR count).